The maximum atomic E-state index is 12.8. The zero-order valence-electron chi connectivity index (χ0n) is 24.4. The number of H-pyrrole nitrogens is 1. The average Bonchev–Trinajstić information content (AvgIpc) is 3.48. The Balaban J connectivity index is 1.43. The molecule has 1 saturated heterocycles. The van der Waals surface area contributed by atoms with Crippen molar-refractivity contribution in [1.29, 1.82) is 0 Å². The van der Waals surface area contributed by atoms with E-state index >= 15 is 0 Å². The largest absolute Gasteiger partial charge is 0.444 e. The Hall–Kier alpha value is -3.10. The Labute approximate surface area is 233 Å². The predicted molar refractivity (Wildman–Crippen MR) is 156 cm³/mol. The number of likely N-dealkylation sites (tertiary alicyclic amines) is 1. The molecule has 1 aromatic heterocycles. The smallest absolute Gasteiger partial charge is 0.410 e. The molecule has 0 aliphatic carbocycles. The van der Waals surface area contributed by atoms with Gasteiger partial charge in [-0.3, -0.25) is 4.90 Å². The Kier molecular flexibility index (Phi) is 8.02. The summed E-state index contributed by atoms with van der Waals surface area (Å²) >= 11 is 0. The Bertz CT molecular complexity index is 1270. The lowest BCUT2D eigenvalue weighted by atomic mass is 9.82. The number of amides is 1. The number of ether oxygens (including phenoxy) is 1. The fourth-order valence-corrected chi connectivity index (χ4v) is 4.44. The summed E-state index contributed by atoms with van der Waals surface area (Å²) in [5, 5.41) is 10.3. The number of carbonyl (C=O) groups excluding carboxylic acids is 1. The molecule has 39 heavy (non-hydrogen) atoms. The number of carbonyl (C=O) groups is 1. The van der Waals surface area contributed by atoms with Gasteiger partial charge >= 0.3 is 13.6 Å². The summed E-state index contributed by atoms with van der Waals surface area (Å²) in [6.45, 7) is 15.7. The van der Waals surface area contributed by atoms with Crippen molar-refractivity contribution in [1.82, 2.24) is 14.9 Å². The van der Waals surface area contributed by atoms with Crippen molar-refractivity contribution in [3.05, 3.63) is 60.6 Å². The lowest BCUT2D eigenvalue weighted by Crippen LogP contribution is -2.49. The molecule has 0 spiro atoms. The van der Waals surface area contributed by atoms with Crippen molar-refractivity contribution in [2.45, 2.75) is 84.7 Å². The normalized spacial score (nSPS) is 18.3. The molecule has 1 aliphatic heterocycles. The summed E-state index contributed by atoms with van der Waals surface area (Å²) in [7, 11) is 1.69. The first-order valence-electron chi connectivity index (χ1n) is 13.6. The van der Waals surface area contributed by atoms with Gasteiger partial charge in [-0.2, -0.15) is 0 Å². The molecule has 0 bridgehead atoms. The molecule has 7 nitrogen and oxygen atoms in total. The predicted octanol–water partition coefficient (Wildman–Crippen LogP) is 5.87. The number of aromatic nitrogens is 2. The molecule has 1 radical (unpaired) electrons. The second-order valence-corrected chi connectivity index (χ2v) is 12.7. The average molecular weight is 530 g/mol. The van der Waals surface area contributed by atoms with E-state index in [1.807, 2.05) is 52.9 Å². The molecule has 0 saturated carbocycles. The summed E-state index contributed by atoms with van der Waals surface area (Å²) in [6.07, 6.45) is 2.38. The van der Waals surface area contributed by atoms with Gasteiger partial charge in [-0.05, 0) is 77.5 Å². The van der Waals surface area contributed by atoms with E-state index < -0.39 is 16.8 Å². The van der Waals surface area contributed by atoms with E-state index in [0.717, 1.165) is 40.1 Å². The number of benzene rings is 2. The van der Waals surface area contributed by atoms with Crippen LogP contribution in [-0.4, -0.2) is 56.9 Å². The lowest BCUT2D eigenvalue weighted by Gasteiger charge is -2.37. The minimum atomic E-state index is -0.965. The number of aliphatic hydroxyl groups is 1. The maximum Gasteiger partial charge on any atom is 0.410 e. The van der Waals surface area contributed by atoms with Crippen LogP contribution in [-0.2, 0) is 9.39 Å². The Morgan fingerprint density at radius 3 is 2.10 bits per heavy atom. The summed E-state index contributed by atoms with van der Waals surface area (Å²) in [5.74, 6) is 1.16. The van der Waals surface area contributed by atoms with Crippen LogP contribution >= 0.6 is 0 Å². The molecule has 2 heterocycles. The first-order chi connectivity index (χ1) is 18.1. The third-order valence-electron chi connectivity index (χ3n) is 7.45. The number of rotatable bonds is 7. The van der Waals surface area contributed by atoms with Gasteiger partial charge in [0.25, 0.3) is 0 Å². The highest BCUT2D eigenvalue weighted by molar-refractivity contribution is 6.47. The first-order valence-corrected chi connectivity index (χ1v) is 13.6. The molecule has 1 amide bonds. The highest BCUT2D eigenvalue weighted by atomic mass is 16.6. The third-order valence-corrected chi connectivity index (χ3v) is 7.45. The molecule has 1 fully saturated rings. The van der Waals surface area contributed by atoms with E-state index in [2.05, 4.69) is 53.3 Å². The lowest BCUT2D eigenvalue weighted by molar-refractivity contribution is -0.0893. The van der Waals surface area contributed by atoms with Crippen LogP contribution in [0.15, 0.2) is 54.7 Å². The summed E-state index contributed by atoms with van der Waals surface area (Å²) < 4.78 is 11.5. The minimum absolute atomic E-state index is 0.129. The number of hydrogen-bond acceptors (Lipinski definition) is 5. The second-order valence-electron chi connectivity index (χ2n) is 12.7. The molecule has 2 aromatic carbocycles. The van der Waals surface area contributed by atoms with Crippen LogP contribution in [0.2, 0.25) is 0 Å². The van der Waals surface area contributed by atoms with Crippen molar-refractivity contribution in [3.8, 4) is 22.4 Å². The zero-order valence-corrected chi connectivity index (χ0v) is 24.4. The molecule has 2 N–H and O–H groups in total. The van der Waals surface area contributed by atoms with Crippen molar-refractivity contribution >= 4 is 19.0 Å². The van der Waals surface area contributed by atoms with E-state index in [9.17, 15) is 9.90 Å². The van der Waals surface area contributed by atoms with Crippen LogP contribution in [0.1, 0.15) is 73.7 Å². The van der Waals surface area contributed by atoms with E-state index in [-0.39, 0.29) is 12.1 Å². The van der Waals surface area contributed by atoms with Crippen molar-refractivity contribution in [2.24, 2.45) is 5.92 Å². The van der Waals surface area contributed by atoms with Crippen molar-refractivity contribution in [2.75, 3.05) is 6.54 Å². The molecule has 2 unspecified atom stereocenters. The number of imidazole rings is 1. The van der Waals surface area contributed by atoms with Gasteiger partial charge in [-0.1, -0.05) is 60.9 Å². The van der Waals surface area contributed by atoms with Gasteiger partial charge in [-0.15, -0.1) is 0 Å². The highest BCUT2D eigenvalue weighted by Crippen LogP contribution is 2.36. The highest BCUT2D eigenvalue weighted by Gasteiger charge is 2.38. The molecular formula is C31H41BN3O4. The SMILES string of the molecule is CC1CC(c2ncc(-c3ccc(-c4ccc([B]OC(C)(C)C(C)(C)O)cc4)cc3)[nH]2)N(C(=O)OC(C)(C)C)C1. The first kappa shape index (κ1) is 28.9. The van der Waals surface area contributed by atoms with Crippen LogP contribution in [0, 0.1) is 5.92 Å². The maximum absolute atomic E-state index is 12.8. The topological polar surface area (TPSA) is 87.7 Å². The molecule has 8 heteroatoms. The summed E-state index contributed by atoms with van der Waals surface area (Å²) in [5.41, 5.74) is 2.85. The van der Waals surface area contributed by atoms with E-state index in [0.29, 0.717) is 12.5 Å². The number of nitrogens with one attached hydrogen (secondary N) is 1. The molecule has 4 rings (SSSR count). The van der Waals surface area contributed by atoms with Gasteiger partial charge in [0.1, 0.15) is 11.4 Å². The van der Waals surface area contributed by atoms with Gasteiger partial charge in [0.2, 0.25) is 0 Å². The molecule has 207 valence electrons. The van der Waals surface area contributed by atoms with Gasteiger partial charge in [0, 0.05) is 6.54 Å². The zero-order chi connectivity index (χ0) is 28.6. The fraction of sp³-hybridized carbons (Fsp3) is 0.484. The number of nitrogens with zero attached hydrogens (tertiary/aromatic N) is 2. The third kappa shape index (κ3) is 6.92. The van der Waals surface area contributed by atoms with Crippen LogP contribution < -0.4 is 5.46 Å². The monoisotopic (exact) mass is 530 g/mol. The van der Waals surface area contributed by atoms with Crippen LogP contribution in [0.5, 0.6) is 0 Å². The van der Waals surface area contributed by atoms with Gasteiger partial charge in [0.15, 0.2) is 0 Å². The summed E-state index contributed by atoms with van der Waals surface area (Å²) in [4.78, 5) is 22.7. The Morgan fingerprint density at radius 2 is 1.54 bits per heavy atom. The van der Waals surface area contributed by atoms with E-state index in [1.165, 1.54) is 0 Å². The van der Waals surface area contributed by atoms with Crippen LogP contribution in [0.3, 0.4) is 0 Å². The molecule has 3 aromatic rings. The molecule has 1 aliphatic rings. The van der Waals surface area contributed by atoms with Crippen LogP contribution in [0.4, 0.5) is 4.79 Å². The quantitative estimate of drug-likeness (QED) is 0.373. The van der Waals surface area contributed by atoms with Crippen molar-refractivity contribution in [3.63, 3.8) is 0 Å². The molecule has 2 atom stereocenters. The van der Waals surface area contributed by atoms with Gasteiger partial charge < -0.3 is 19.5 Å². The van der Waals surface area contributed by atoms with Gasteiger partial charge in [-0.25, -0.2) is 9.78 Å². The second kappa shape index (κ2) is 10.8. The van der Waals surface area contributed by atoms with E-state index in [1.54, 1.807) is 26.2 Å². The number of aromatic amines is 1. The fourth-order valence-electron chi connectivity index (χ4n) is 4.44. The summed E-state index contributed by atoms with van der Waals surface area (Å²) in [6, 6.07) is 16.3. The standard InChI is InChI=1S/C31H41BN3O4/c1-20-17-26(35(19-20)28(36)38-29(2,3)4)27-33-18-25(34-27)23-11-9-21(10-12-23)22-13-15-24(16-14-22)32-39-31(7,8)30(5,6)37/h9-16,18,20,26,37H,17,19H2,1-8H3,(H,33,34). The van der Waals surface area contributed by atoms with Crippen molar-refractivity contribution < 1.29 is 19.3 Å². The Morgan fingerprint density at radius 1 is 0.974 bits per heavy atom. The molecular weight excluding hydrogens is 489 g/mol. The minimum Gasteiger partial charge on any atom is -0.444 e. The van der Waals surface area contributed by atoms with E-state index in [4.69, 9.17) is 9.39 Å². The van der Waals surface area contributed by atoms with Crippen LogP contribution in [0.25, 0.3) is 22.4 Å². The number of hydrogen-bond donors (Lipinski definition) is 2. The van der Waals surface area contributed by atoms with Gasteiger partial charge in [0.05, 0.1) is 29.1 Å².